The Bertz CT molecular complexity index is 440. The molecular weight excluding hydrogens is 218 g/mol. The lowest BCUT2D eigenvalue weighted by Crippen LogP contribution is -2.25. The second kappa shape index (κ2) is 4.86. The van der Waals surface area contributed by atoms with E-state index in [-0.39, 0.29) is 0 Å². The molecule has 1 aliphatic heterocycles. The van der Waals surface area contributed by atoms with Gasteiger partial charge in [-0.1, -0.05) is 0 Å². The standard InChI is InChI=1S/C12H15N3O2/c1-8(12(16)17)15-10-4-2-9(3-5-10)11-13-6-7-14-11/h2-5,8,15H,6-7H2,1H3,(H,13,14)(H,16,17). The molecule has 0 fully saturated rings. The third kappa shape index (κ3) is 2.75. The molecular formula is C12H15N3O2. The van der Waals surface area contributed by atoms with Crippen LogP contribution in [-0.2, 0) is 4.79 Å². The third-order valence-corrected chi connectivity index (χ3v) is 2.59. The molecule has 0 saturated carbocycles. The van der Waals surface area contributed by atoms with Crippen LogP contribution in [0.4, 0.5) is 5.69 Å². The maximum atomic E-state index is 10.7. The number of nitrogens with one attached hydrogen (secondary N) is 2. The van der Waals surface area contributed by atoms with Gasteiger partial charge in [0.2, 0.25) is 0 Å². The molecule has 0 amide bonds. The van der Waals surface area contributed by atoms with Crippen molar-refractivity contribution in [3.63, 3.8) is 0 Å². The SMILES string of the molecule is CC(Nc1ccc(C2=NCCN2)cc1)C(=O)O. The van der Waals surface area contributed by atoms with E-state index in [4.69, 9.17) is 5.11 Å². The van der Waals surface area contributed by atoms with Crippen LogP contribution in [0.5, 0.6) is 0 Å². The molecule has 5 nitrogen and oxygen atoms in total. The summed E-state index contributed by atoms with van der Waals surface area (Å²) in [7, 11) is 0. The van der Waals surface area contributed by atoms with Crippen molar-refractivity contribution in [3.8, 4) is 0 Å². The fourth-order valence-corrected chi connectivity index (χ4v) is 1.63. The number of hydrogen-bond donors (Lipinski definition) is 3. The highest BCUT2D eigenvalue weighted by Crippen LogP contribution is 2.12. The molecule has 1 heterocycles. The summed E-state index contributed by atoms with van der Waals surface area (Å²) in [5.41, 5.74) is 1.82. The second-order valence-corrected chi connectivity index (χ2v) is 3.94. The predicted octanol–water partition coefficient (Wildman–Crippen LogP) is 0.921. The molecule has 1 aromatic rings. The van der Waals surface area contributed by atoms with Gasteiger partial charge in [0.05, 0.1) is 6.54 Å². The molecule has 1 atom stereocenters. The van der Waals surface area contributed by atoms with Crippen LogP contribution in [-0.4, -0.2) is 36.0 Å². The van der Waals surface area contributed by atoms with Gasteiger partial charge in [-0.05, 0) is 31.2 Å². The van der Waals surface area contributed by atoms with Crippen molar-refractivity contribution in [1.29, 1.82) is 0 Å². The summed E-state index contributed by atoms with van der Waals surface area (Å²) < 4.78 is 0. The number of carbonyl (C=O) groups is 1. The minimum Gasteiger partial charge on any atom is -0.480 e. The largest absolute Gasteiger partial charge is 0.480 e. The number of benzene rings is 1. The summed E-state index contributed by atoms with van der Waals surface area (Å²) in [6, 6.07) is 6.97. The molecule has 3 N–H and O–H groups in total. The number of carboxylic acids is 1. The summed E-state index contributed by atoms with van der Waals surface area (Å²) in [5.74, 6) is 0.0405. The number of anilines is 1. The van der Waals surface area contributed by atoms with E-state index in [9.17, 15) is 4.79 Å². The second-order valence-electron chi connectivity index (χ2n) is 3.94. The van der Waals surface area contributed by atoms with E-state index >= 15 is 0 Å². The van der Waals surface area contributed by atoms with E-state index in [1.54, 1.807) is 6.92 Å². The average Bonchev–Trinajstić information content (AvgIpc) is 2.83. The van der Waals surface area contributed by atoms with Crippen LogP contribution in [0.2, 0.25) is 0 Å². The molecule has 0 saturated heterocycles. The topological polar surface area (TPSA) is 73.7 Å². The summed E-state index contributed by atoms with van der Waals surface area (Å²) >= 11 is 0. The summed E-state index contributed by atoms with van der Waals surface area (Å²) in [4.78, 5) is 15.0. The van der Waals surface area contributed by atoms with E-state index < -0.39 is 12.0 Å². The van der Waals surface area contributed by atoms with Crippen LogP contribution in [0.25, 0.3) is 0 Å². The quantitative estimate of drug-likeness (QED) is 0.723. The van der Waals surface area contributed by atoms with Gasteiger partial charge >= 0.3 is 5.97 Å². The van der Waals surface area contributed by atoms with E-state index in [1.807, 2.05) is 24.3 Å². The van der Waals surface area contributed by atoms with Gasteiger partial charge < -0.3 is 15.7 Å². The van der Waals surface area contributed by atoms with Crippen LogP contribution >= 0.6 is 0 Å². The Kier molecular flexibility index (Phi) is 3.27. The molecule has 1 unspecified atom stereocenters. The van der Waals surface area contributed by atoms with Gasteiger partial charge in [-0.3, -0.25) is 9.79 Å². The molecule has 2 rings (SSSR count). The Labute approximate surface area is 99.6 Å². The zero-order valence-electron chi connectivity index (χ0n) is 9.60. The predicted molar refractivity (Wildman–Crippen MR) is 66.6 cm³/mol. The van der Waals surface area contributed by atoms with Crippen molar-refractivity contribution in [1.82, 2.24) is 5.32 Å². The first-order chi connectivity index (χ1) is 8.16. The number of hydrogen-bond acceptors (Lipinski definition) is 4. The smallest absolute Gasteiger partial charge is 0.325 e. The lowest BCUT2D eigenvalue weighted by atomic mass is 10.2. The Morgan fingerprint density at radius 3 is 2.71 bits per heavy atom. The van der Waals surface area contributed by atoms with Crippen molar-refractivity contribution in [2.45, 2.75) is 13.0 Å². The van der Waals surface area contributed by atoms with Gasteiger partial charge in [0.1, 0.15) is 11.9 Å². The minimum atomic E-state index is -0.865. The maximum absolute atomic E-state index is 10.7. The molecule has 0 spiro atoms. The Balaban J connectivity index is 2.05. The number of aliphatic imine (C=N–C) groups is 1. The Morgan fingerprint density at radius 1 is 1.47 bits per heavy atom. The fraction of sp³-hybridized carbons (Fsp3) is 0.333. The summed E-state index contributed by atoms with van der Waals surface area (Å²) in [5, 5.41) is 14.9. The van der Waals surface area contributed by atoms with E-state index in [1.165, 1.54) is 0 Å². The first-order valence-electron chi connectivity index (χ1n) is 5.55. The lowest BCUT2D eigenvalue weighted by Gasteiger charge is -2.11. The molecule has 0 bridgehead atoms. The number of carboxylic acid groups (broad SMARTS) is 1. The van der Waals surface area contributed by atoms with Gasteiger partial charge in [0.15, 0.2) is 0 Å². The average molecular weight is 233 g/mol. The van der Waals surface area contributed by atoms with E-state index in [0.717, 1.165) is 30.2 Å². The monoisotopic (exact) mass is 233 g/mol. The van der Waals surface area contributed by atoms with Gasteiger partial charge in [0, 0.05) is 17.8 Å². The first-order valence-corrected chi connectivity index (χ1v) is 5.55. The van der Waals surface area contributed by atoms with Gasteiger partial charge in [0.25, 0.3) is 0 Å². The molecule has 17 heavy (non-hydrogen) atoms. The highest BCUT2D eigenvalue weighted by Gasteiger charge is 2.11. The fourth-order valence-electron chi connectivity index (χ4n) is 1.63. The lowest BCUT2D eigenvalue weighted by molar-refractivity contribution is -0.137. The molecule has 0 aliphatic carbocycles. The molecule has 0 radical (unpaired) electrons. The van der Waals surface area contributed by atoms with E-state index in [0.29, 0.717) is 0 Å². The first kappa shape index (κ1) is 11.4. The Morgan fingerprint density at radius 2 is 2.18 bits per heavy atom. The normalized spacial score (nSPS) is 15.9. The van der Waals surface area contributed by atoms with Crippen LogP contribution in [0.1, 0.15) is 12.5 Å². The van der Waals surface area contributed by atoms with Crippen molar-refractivity contribution in [2.24, 2.45) is 4.99 Å². The number of rotatable bonds is 4. The summed E-state index contributed by atoms with van der Waals surface area (Å²) in [6.07, 6.45) is 0. The van der Waals surface area contributed by atoms with Crippen LogP contribution in [0.15, 0.2) is 29.3 Å². The van der Waals surface area contributed by atoms with Gasteiger partial charge in [-0.25, -0.2) is 0 Å². The van der Waals surface area contributed by atoms with Crippen LogP contribution < -0.4 is 10.6 Å². The maximum Gasteiger partial charge on any atom is 0.325 e. The zero-order valence-corrected chi connectivity index (χ0v) is 9.60. The molecule has 1 aromatic carbocycles. The molecule has 5 heteroatoms. The zero-order chi connectivity index (χ0) is 12.3. The van der Waals surface area contributed by atoms with E-state index in [2.05, 4.69) is 15.6 Å². The number of aliphatic carboxylic acids is 1. The minimum absolute atomic E-state index is 0.595. The number of amidine groups is 1. The highest BCUT2D eigenvalue weighted by atomic mass is 16.4. The van der Waals surface area contributed by atoms with Crippen molar-refractivity contribution in [3.05, 3.63) is 29.8 Å². The van der Waals surface area contributed by atoms with Crippen molar-refractivity contribution < 1.29 is 9.90 Å². The molecule has 1 aliphatic rings. The Hall–Kier alpha value is -2.04. The van der Waals surface area contributed by atoms with Gasteiger partial charge in [-0.2, -0.15) is 0 Å². The molecule has 0 aromatic heterocycles. The van der Waals surface area contributed by atoms with Crippen molar-refractivity contribution in [2.75, 3.05) is 18.4 Å². The van der Waals surface area contributed by atoms with Crippen LogP contribution in [0.3, 0.4) is 0 Å². The van der Waals surface area contributed by atoms with Crippen molar-refractivity contribution >= 4 is 17.5 Å². The van der Waals surface area contributed by atoms with Crippen LogP contribution in [0, 0.1) is 0 Å². The van der Waals surface area contributed by atoms with Gasteiger partial charge in [-0.15, -0.1) is 0 Å². The molecule has 90 valence electrons. The number of nitrogens with zero attached hydrogens (tertiary/aromatic N) is 1. The summed E-state index contributed by atoms with van der Waals surface area (Å²) in [6.45, 7) is 3.30. The highest BCUT2D eigenvalue weighted by molar-refractivity contribution is 6.00. The third-order valence-electron chi connectivity index (χ3n) is 2.59.